The molecule has 0 unspecified atom stereocenters. The first-order chi connectivity index (χ1) is 14.4. The summed E-state index contributed by atoms with van der Waals surface area (Å²) < 4.78 is 5.17. The van der Waals surface area contributed by atoms with E-state index in [0.29, 0.717) is 27.6 Å². The normalized spacial score (nSPS) is 17.7. The number of methoxy groups -OCH3 is 1. The number of benzene rings is 3. The quantitative estimate of drug-likeness (QED) is 0.601. The Hall–Kier alpha value is -3.15. The molecule has 3 aromatic rings. The van der Waals surface area contributed by atoms with Gasteiger partial charge in [-0.05, 0) is 29.8 Å². The Morgan fingerprint density at radius 2 is 1.80 bits per heavy atom. The van der Waals surface area contributed by atoms with E-state index in [1.165, 1.54) is 12.0 Å². The van der Waals surface area contributed by atoms with Crippen LogP contribution in [0.15, 0.2) is 72.8 Å². The van der Waals surface area contributed by atoms with Crippen molar-refractivity contribution in [1.29, 1.82) is 0 Å². The molecule has 0 radical (unpaired) electrons. The number of halogens is 1. The SMILES string of the molecule is COc1cccc(C(=O)C[C@@]2(O)C(=O)N(Cc3ccccc3Cl)c3ccccc32)c1. The number of para-hydroxylation sites is 1. The molecule has 0 saturated heterocycles. The summed E-state index contributed by atoms with van der Waals surface area (Å²) in [5, 5.41) is 11.9. The van der Waals surface area contributed by atoms with Crippen LogP contribution in [-0.4, -0.2) is 23.9 Å². The van der Waals surface area contributed by atoms with Crippen LogP contribution < -0.4 is 9.64 Å². The molecular formula is C24H20ClNO4. The van der Waals surface area contributed by atoms with Gasteiger partial charge in [-0.1, -0.05) is 60.1 Å². The van der Waals surface area contributed by atoms with Crippen LogP contribution in [0.4, 0.5) is 5.69 Å². The number of ether oxygens (including phenoxy) is 1. The molecule has 1 aliphatic rings. The van der Waals surface area contributed by atoms with Crippen molar-refractivity contribution in [2.75, 3.05) is 12.0 Å². The third-order valence-electron chi connectivity index (χ3n) is 5.33. The van der Waals surface area contributed by atoms with Crippen molar-refractivity contribution >= 4 is 29.0 Å². The molecule has 3 aromatic carbocycles. The van der Waals surface area contributed by atoms with E-state index in [1.807, 2.05) is 18.2 Å². The predicted octanol–water partition coefficient (Wildman–Crippen LogP) is 4.36. The minimum atomic E-state index is -1.95. The molecule has 0 aliphatic carbocycles. The molecule has 5 nitrogen and oxygen atoms in total. The second-order valence-corrected chi connectivity index (χ2v) is 7.60. The van der Waals surface area contributed by atoms with Crippen molar-refractivity contribution in [1.82, 2.24) is 0 Å². The van der Waals surface area contributed by atoms with Gasteiger partial charge in [0.15, 0.2) is 11.4 Å². The van der Waals surface area contributed by atoms with E-state index in [2.05, 4.69) is 0 Å². The first-order valence-electron chi connectivity index (χ1n) is 9.48. The summed E-state index contributed by atoms with van der Waals surface area (Å²) >= 11 is 6.28. The first-order valence-corrected chi connectivity index (χ1v) is 9.86. The first kappa shape index (κ1) is 20.1. The fourth-order valence-corrected chi connectivity index (χ4v) is 3.96. The number of Topliss-reactive ketones (excluding diaryl/α,β-unsaturated/α-hetero) is 1. The summed E-state index contributed by atoms with van der Waals surface area (Å²) in [4.78, 5) is 27.8. The van der Waals surface area contributed by atoms with Crippen molar-refractivity contribution in [2.45, 2.75) is 18.6 Å². The Labute approximate surface area is 179 Å². The number of carbonyl (C=O) groups excluding carboxylic acids is 2. The van der Waals surface area contributed by atoms with E-state index in [4.69, 9.17) is 16.3 Å². The summed E-state index contributed by atoms with van der Waals surface area (Å²) in [5.74, 6) is -0.356. The summed E-state index contributed by atoms with van der Waals surface area (Å²) in [6.45, 7) is 0.200. The number of hydrogen-bond acceptors (Lipinski definition) is 4. The van der Waals surface area contributed by atoms with Crippen LogP contribution >= 0.6 is 11.6 Å². The lowest BCUT2D eigenvalue weighted by molar-refractivity contribution is -0.136. The number of nitrogens with zero attached hydrogens (tertiary/aromatic N) is 1. The largest absolute Gasteiger partial charge is 0.497 e. The Morgan fingerprint density at radius 1 is 1.07 bits per heavy atom. The number of hydrogen-bond donors (Lipinski definition) is 1. The number of aliphatic hydroxyl groups is 1. The average molecular weight is 422 g/mol. The van der Waals surface area contributed by atoms with Crippen molar-refractivity contribution in [3.05, 3.63) is 94.5 Å². The molecule has 1 aliphatic heterocycles. The number of amides is 1. The maximum absolute atomic E-state index is 13.3. The van der Waals surface area contributed by atoms with Crippen LogP contribution in [0.5, 0.6) is 5.75 Å². The smallest absolute Gasteiger partial charge is 0.264 e. The van der Waals surface area contributed by atoms with Gasteiger partial charge in [-0.15, -0.1) is 0 Å². The number of carbonyl (C=O) groups is 2. The highest BCUT2D eigenvalue weighted by Gasteiger charge is 2.50. The zero-order valence-electron chi connectivity index (χ0n) is 16.3. The van der Waals surface area contributed by atoms with Gasteiger partial charge in [0.25, 0.3) is 5.91 Å². The van der Waals surface area contributed by atoms with Crippen molar-refractivity contribution in [2.24, 2.45) is 0 Å². The van der Waals surface area contributed by atoms with Crippen LogP contribution in [0, 0.1) is 0 Å². The molecule has 1 N–H and O–H groups in total. The maximum Gasteiger partial charge on any atom is 0.264 e. The molecule has 0 spiro atoms. The molecule has 1 heterocycles. The van der Waals surface area contributed by atoms with E-state index in [0.717, 1.165) is 5.56 Å². The van der Waals surface area contributed by atoms with Gasteiger partial charge in [-0.25, -0.2) is 0 Å². The number of ketones is 1. The Balaban J connectivity index is 1.68. The summed E-state index contributed by atoms with van der Waals surface area (Å²) in [6.07, 6.45) is -0.366. The van der Waals surface area contributed by atoms with Gasteiger partial charge >= 0.3 is 0 Å². The van der Waals surface area contributed by atoms with Gasteiger partial charge in [-0.3, -0.25) is 9.59 Å². The monoisotopic (exact) mass is 421 g/mol. The third kappa shape index (κ3) is 3.47. The standard InChI is InChI=1S/C24H20ClNO4/c1-30-18-9-6-8-16(13-18)22(27)14-24(29)19-10-3-5-12-21(19)26(23(24)28)15-17-7-2-4-11-20(17)25/h2-13,29H,14-15H2,1H3/t24-/m0/s1. The van der Waals surface area contributed by atoms with Crippen LogP contribution in [0.3, 0.4) is 0 Å². The fraction of sp³-hybridized carbons (Fsp3) is 0.167. The molecule has 1 amide bonds. The molecule has 0 aromatic heterocycles. The van der Waals surface area contributed by atoms with E-state index in [-0.39, 0.29) is 18.7 Å². The molecule has 0 bridgehead atoms. The van der Waals surface area contributed by atoms with Crippen molar-refractivity contribution in [3.63, 3.8) is 0 Å². The molecule has 4 rings (SSSR count). The summed E-state index contributed by atoms with van der Waals surface area (Å²) in [6, 6.07) is 20.9. The van der Waals surface area contributed by atoms with Gasteiger partial charge < -0.3 is 14.7 Å². The lowest BCUT2D eigenvalue weighted by Gasteiger charge is -2.23. The maximum atomic E-state index is 13.3. The van der Waals surface area contributed by atoms with E-state index < -0.39 is 11.5 Å². The fourth-order valence-electron chi connectivity index (χ4n) is 3.76. The molecule has 0 saturated carbocycles. The Kier molecular flexibility index (Phi) is 5.33. The second kappa shape index (κ2) is 7.94. The van der Waals surface area contributed by atoms with Crippen LogP contribution in [0.25, 0.3) is 0 Å². The second-order valence-electron chi connectivity index (χ2n) is 7.19. The van der Waals surface area contributed by atoms with E-state index >= 15 is 0 Å². The van der Waals surface area contributed by atoms with Crippen LogP contribution in [-0.2, 0) is 16.9 Å². The van der Waals surface area contributed by atoms with Crippen molar-refractivity contribution < 1.29 is 19.4 Å². The minimum Gasteiger partial charge on any atom is -0.497 e. The van der Waals surface area contributed by atoms with Crippen LogP contribution in [0.1, 0.15) is 27.9 Å². The highest BCUT2D eigenvalue weighted by molar-refractivity contribution is 6.31. The molecule has 30 heavy (non-hydrogen) atoms. The Bertz CT molecular complexity index is 1130. The molecule has 1 atom stereocenters. The summed E-state index contributed by atoms with van der Waals surface area (Å²) in [7, 11) is 1.51. The molecule has 0 fully saturated rings. The van der Waals surface area contributed by atoms with Gasteiger partial charge in [0.2, 0.25) is 0 Å². The average Bonchev–Trinajstić information content (AvgIpc) is 2.97. The molecular weight excluding hydrogens is 402 g/mol. The number of rotatable bonds is 6. The number of anilines is 1. The minimum absolute atomic E-state index is 0.200. The highest BCUT2D eigenvalue weighted by atomic mass is 35.5. The van der Waals surface area contributed by atoms with Gasteiger partial charge in [0.05, 0.1) is 25.8 Å². The van der Waals surface area contributed by atoms with Gasteiger partial charge in [-0.2, -0.15) is 0 Å². The van der Waals surface area contributed by atoms with Crippen molar-refractivity contribution in [3.8, 4) is 5.75 Å². The molecule has 152 valence electrons. The van der Waals surface area contributed by atoms with Gasteiger partial charge in [0.1, 0.15) is 5.75 Å². The zero-order valence-corrected chi connectivity index (χ0v) is 17.1. The summed E-state index contributed by atoms with van der Waals surface area (Å²) in [5.41, 5.74) is 0.169. The highest BCUT2D eigenvalue weighted by Crippen LogP contribution is 2.44. The number of fused-ring (bicyclic) bond motifs is 1. The lowest BCUT2D eigenvalue weighted by Crippen LogP contribution is -2.41. The molecule has 6 heteroatoms. The van der Waals surface area contributed by atoms with E-state index in [9.17, 15) is 14.7 Å². The topological polar surface area (TPSA) is 66.8 Å². The van der Waals surface area contributed by atoms with Gasteiger partial charge in [0, 0.05) is 16.1 Å². The zero-order chi connectivity index (χ0) is 21.3. The third-order valence-corrected chi connectivity index (χ3v) is 5.70. The van der Waals surface area contributed by atoms with Crippen LogP contribution in [0.2, 0.25) is 5.02 Å². The lowest BCUT2D eigenvalue weighted by atomic mass is 9.88. The predicted molar refractivity (Wildman–Crippen MR) is 115 cm³/mol. The Morgan fingerprint density at radius 3 is 2.57 bits per heavy atom. The van der Waals surface area contributed by atoms with E-state index in [1.54, 1.807) is 54.6 Å².